The molecule has 0 aliphatic carbocycles. The largest absolute Gasteiger partial charge is 0.492 e. The van der Waals surface area contributed by atoms with Crippen molar-refractivity contribution in [3.8, 4) is 11.5 Å². The Bertz CT molecular complexity index is 913. The number of para-hydroxylation sites is 2. The summed E-state index contributed by atoms with van der Waals surface area (Å²) in [7, 11) is 0. The summed E-state index contributed by atoms with van der Waals surface area (Å²) in [5.41, 5.74) is 5.18. The van der Waals surface area contributed by atoms with Crippen LogP contribution in [-0.2, 0) is 9.59 Å². The molecule has 148 valence electrons. The number of aromatic nitrogens is 1. The summed E-state index contributed by atoms with van der Waals surface area (Å²) < 4.78 is 11.3. The molecule has 0 spiro atoms. The molecule has 3 rings (SSSR count). The first-order valence-corrected chi connectivity index (χ1v) is 9.06. The van der Waals surface area contributed by atoms with Crippen LogP contribution >= 0.6 is 0 Å². The Morgan fingerprint density at radius 1 is 1.32 bits per heavy atom. The van der Waals surface area contributed by atoms with Gasteiger partial charge in [-0.1, -0.05) is 12.1 Å². The Balaban J connectivity index is 1.93. The normalized spacial score (nSPS) is 16.0. The number of carbonyl (C=O) groups excluding carboxylic acids is 2. The molecule has 1 atom stereocenters. The number of ether oxygens (including phenoxy) is 2. The molecule has 1 aliphatic heterocycles. The van der Waals surface area contributed by atoms with Crippen molar-refractivity contribution in [2.75, 3.05) is 22.6 Å². The minimum atomic E-state index is -1.14. The molecule has 0 fully saturated rings. The average molecular weight is 384 g/mol. The number of pyridine rings is 1. The number of carbonyl (C=O) groups is 2. The van der Waals surface area contributed by atoms with Crippen LogP contribution in [0, 0.1) is 0 Å². The van der Waals surface area contributed by atoms with E-state index in [0.29, 0.717) is 23.8 Å². The van der Waals surface area contributed by atoms with Crippen LogP contribution in [0.1, 0.15) is 27.7 Å². The van der Waals surface area contributed by atoms with Gasteiger partial charge in [0.1, 0.15) is 17.6 Å². The number of anilines is 3. The molecule has 2 amide bonds. The van der Waals surface area contributed by atoms with Crippen molar-refractivity contribution in [2.24, 2.45) is 0 Å². The van der Waals surface area contributed by atoms with E-state index in [2.05, 4.69) is 10.3 Å². The quantitative estimate of drug-likeness (QED) is 0.821. The third kappa shape index (κ3) is 3.58. The van der Waals surface area contributed by atoms with Gasteiger partial charge in [-0.05, 0) is 52.0 Å². The fourth-order valence-corrected chi connectivity index (χ4v) is 2.97. The van der Waals surface area contributed by atoms with Crippen molar-refractivity contribution >= 4 is 29.1 Å². The predicted molar refractivity (Wildman–Crippen MR) is 107 cm³/mol. The second-order valence-corrected chi connectivity index (χ2v) is 6.94. The highest BCUT2D eigenvalue weighted by Gasteiger charge is 2.45. The van der Waals surface area contributed by atoms with Gasteiger partial charge in [-0.25, -0.2) is 4.98 Å². The summed E-state index contributed by atoms with van der Waals surface area (Å²) in [6, 6.07) is 9.51. The van der Waals surface area contributed by atoms with E-state index in [1.807, 2.05) is 13.0 Å². The van der Waals surface area contributed by atoms with E-state index in [-0.39, 0.29) is 23.5 Å². The molecule has 0 bridgehead atoms. The van der Waals surface area contributed by atoms with Crippen LogP contribution in [-0.4, -0.2) is 35.0 Å². The van der Waals surface area contributed by atoms with Gasteiger partial charge >= 0.3 is 0 Å². The Morgan fingerprint density at radius 2 is 2.04 bits per heavy atom. The number of hydrogen-bond donors (Lipinski definition) is 2. The zero-order chi connectivity index (χ0) is 20.5. The van der Waals surface area contributed by atoms with Crippen molar-refractivity contribution in [2.45, 2.75) is 39.3 Å². The van der Waals surface area contributed by atoms with Crippen molar-refractivity contribution in [3.63, 3.8) is 0 Å². The predicted octanol–water partition coefficient (Wildman–Crippen LogP) is 2.59. The zero-order valence-corrected chi connectivity index (χ0v) is 16.4. The lowest BCUT2D eigenvalue weighted by Crippen LogP contribution is -2.58. The lowest BCUT2D eigenvalue weighted by molar-refractivity contribution is -0.134. The molecule has 2 heterocycles. The molecule has 0 saturated carbocycles. The van der Waals surface area contributed by atoms with Crippen LogP contribution in [0.4, 0.5) is 17.3 Å². The van der Waals surface area contributed by atoms with Crippen LogP contribution < -0.4 is 25.4 Å². The second kappa shape index (κ2) is 7.38. The SMILES string of the molecule is CCOc1ccccc1NC(=O)C(C)N1C(=O)C(C)(C)Oc2ccc(N)nc21. The number of nitrogen functional groups attached to an aromatic ring is 1. The molecule has 0 saturated heterocycles. The molecule has 3 N–H and O–H groups in total. The summed E-state index contributed by atoms with van der Waals surface area (Å²) in [5.74, 6) is 0.654. The molecular formula is C20H24N4O4. The summed E-state index contributed by atoms with van der Waals surface area (Å²) in [6.07, 6.45) is 0. The highest BCUT2D eigenvalue weighted by atomic mass is 16.5. The second-order valence-electron chi connectivity index (χ2n) is 6.94. The van der Waals surface area contributed by atoms with Gasteiger partial charge in [-0.3, -0.25) is 14.5 Å². The smallest absolute Gasteiger partial charge is 0.272 e. The van der Waals surface area contributed by atoms with Crippen molar-refractivity contribution < 1.29 is 19.1 Å². The van der Waals surface area contributed by atoms with Gasteiger partial charge in [-0.2, -0.15) is 0 Å². The minimum Gasteiger partial charge on any atom is -0.492 e. The Kier molecular flexibility index (Phi) is 5.13. The van der Waals surface area contributed by atoms with E-state index < -0.39 is 11.6 Å². The van der Waals surface area contributed by atoms with Crippen LogP contribution in [0.5, 0.6) is 11.5 Å². The molecule has 1 unspecified atom stereocenters. The Labute approximate surface area is 163 Å². The Hall–Kier alpha value is -3.29. The number of nitrogens with one attached hydrogen (secondary N) is 1. The van der Waals surface area contributed by atoms with Gasteiger partial charge in [0, 0.05) is 0 Å². The van der Waals surface area contributed by atoms with Gasteiger partial charge in [-0.15, -0.1) is 0 Å². The van der Waals surface area contributed by atoms with Crippen molar-refractivity contribution in [1.82, 2.24) is 4.98 Å². The first kappa shape index (κ1) is 19.5. The average Bonchev–Trinajstić information content (AvgIpc) is 2.64. The maximum absolute atomic E-state index is 13.0. The molecule has 28 heavy (non-hydrogen) atoms. The summed E-state index contributed by atoms with van der Waals surface area (Å²) in [4.78, 5) is 31.5. The number of nitrogens with zero attached hydrogens (tertiary/aromatic N) is 2. The fraction of sp³-hybridized carbons (Fsp3) is 0.350. The van der Waals surface area contributed by atoms with Gasteiger partial charge < -0.3 is 20.5 Å². The highest BCUT2D eigenvalue weighted by Crippen LogP contribution is 2.38. The maximum Gasteiger partial charge on any atom is 0.272 e. The first-order chi connectivity index (χ1) is 13.2. The Morgan fingerprint density at radius 3 is 2.75 bits per heavy atom. The van der Waals surface area contributed by atoms with Gasteiger partial charge in [0.25, 0.3) is 5.91 Å². The van der Waals surface area contributed by atoms with E-state index in [1.165, 1.54) is 4.90 Å². The fourth-order valence-electron chi connectivity index (χ4n) is 2.97. The van der Waals surface area contributed by atoms with Crippen LogP contribution in [0.15, 0.2) is 36.4 Å². The monoisotopic (exact) mass is 384 g/mol. The van der Waals surface area contributed by atoms with Gasteiger partial charge in [0.2, 0.25) is 5.91 Å². The van der Waals surface area contributed by atoms with E-state index in [9.17, 15) is 9.59 Å². The molecule has 8 heteroatoms. The minimum absolute atomic E-state index is 0.227. The van der Waals surface area contributed by atoms with E-state index in [1.54, 1.807) is 51.1 Å². The van der Waals surface area contributed by atoms with Crippen molar-refractivity contribution in [3.05, 3.63) is 36.4 Å². The standard InChI is InChI=1S/C20H24N4O4/c1-5-27-14-9-7-6-8-13(14)22-18(25)12(2)24-17-15(10-11-16(21)23-17)28-20(3,4)19(24)26/h6-12H,5H2,1-4H3,(H2,21,23)(H,22,25). The number of fused-ring (bicyclic) bond motifs is 1. The van der Waals surface area contributed by atoms with Crippen LogP contribution in [0.25, 0.3) is 0 Å². The molecule has 1 aromatic carbocycles. The lowest BCUT2D eigenvalue weighted by atomic mass is 10.0. The van der Waals surface area contributed by atoms with Crippen molar-refractivity contribution in [1.29, 1.82) is 0 Å². The molecule has 1 aliphatic rings. The zero-order valence-electron chi connectivity index (χ0n) is 16.4. The molecule has 2 aromatic rings. The lowest BCUT2D eigenvalue weighted by Gasteiger charge is -2.40. The first-order valence-electron chi connectivity index (χ1n) is 9.06. The molecule has 1 aromatic heterocycles. The summed E-state index contributed by atoms with van der Waals surface area (Å²) >= 11 is 0. The molecule has 0 radical (unpaired) electrons. The van der Waals surface area contributed by atoms with E-state index in [0.717, 1.165) is 0 Å². The van der Waals surface area contributed by atoms with E-state index >= 15 is 0 Å². The van der Waals surface area contributed by atoms with Gasteiger partial charge in [0.15, 0.2) is 17.2 Å². The molecular weight excluding hydrogens is 360 g/mol. The van der Waals surface area contributed by atoms with Crippen LogP contribution in [0.3, 0.4) is 0 Å². The number of amides is 2. The highest BCUT2D eigenvalue weighted by molar-refractivity contribution is 6.09. The topological polar surface area (TPSA) is 107 Å². The number of hydrogen-bond acceptors (Lipinski definition) is 6. The summed E-state index contributed by atoms with van der Waals surface area (Å²) in [6.45, 7) is 7.26. The number of rotatable bonds is 5. The third-order valence-corrected chi connectivity index (χ3v) is 4.40. The number of benzene rings is 1. The molecule has 8 nitrogen and oxygen atoms in total. The van der Waals surface area contributed by atoms with E-state index in [4.69, 9.17) is 15.2 Å². The van der Waals surface area contributed by atoms with Gasteiger partial charge in [0.05, 0.1) is 12.3 Å². The third-order valence-electron chi connectivity index (χ3n) is 4.40. The summed E-state index contributed by atoms with van der Waals surface area (Å²) in [5, 5.41) is 2.83. The van der Waals surface area contributed by atoms with Crippen LogP contribution in [0.2, 0.25) is 0 Å². The maximum atomic E-state index is 13.0. The number of nitrogens with two attached hydrogens (primary N) is 1.